The zero-order valence-corrected chi connectivity index (χ0v) is 9.23. The zero-order chi connectivity index (χ0) is 11.9. The number of alkyl halides is 3. The summed E-state index contributed by atoms with van der Waals surface area (Å²) in [4.78, 5) is 3.79. The van der Waals surface area contributed by atoms with Crippen molar-refractivity contribution in [3.05, 3.63) is 40.2 Å². The van der Waals surface area contributed by atoms with E-state index >= 15 is 0 Å². The Bertz CT molecular complexity index is 545. The van der Waals surface area contributed by atoms with Crippen molar-refractivity contribution >= 4 is 26.8 Å². The van der Waals surface area contributed by atoms with E-state index in [1.807, 2.05) is 0 Å². The van der Waals surface area contributed by atoms with Crippen molar-refractivity contribution < 1.29 is 17.6 Å². The molecule has 0 bridgehead atoms. The number of benzene rings is 1. The predicted molar refractivity (Wildman–Crippen MR) is 54.4 cm³/mol. The molecule has 0 atom stereocenters. The molecule has 2 rings (SSSR count). The molecule has 1 aromatic heterocycles. The monoisotopic (exact) mass is 293 g/mol. The van der Waals surface area contributed by atoms with Gasteiger partial charge in [-0.05, 0) is 34.1 Å². The van der Waals surface area contributed by atoms with Crippen molar-refractivity contribution in [2.75, 3.05) is 0 Å². The maximum absolute atomic E-state index is 12.9. The van der Waals surface area contributed by atoms with Crippen molar-refractivity contribution in [3.63, 3.8) is 0 Å². The van der Waals surface area contributed by atoms with Crippen LogP contribution in [0.2, 0.25) is 0 Å². The molecule has 0 saturated carbocycles. The minimum atomic E-state index is -4.48. The summed E-state index contributed by atoms with van der Waals surface area (Å²) < 4.78 is 50.9. The Labute approximate surface area is 96.2 Å². The van der Waals surface area contributed by atoms with E-state index in [-0.39, 0.29) is 15.5 Å². The van der Waals surface area contributed by atoms with Gasteiger partial charge in [0.2, 0.25) is 0 Å². The summed E-state index contributed by atoms with van der Waals surface area (Å²) in [7, 11) is 0. The molecule has 0 saturated heterocycles. The minimum Gasteiger partial charge on any atom is -0.241 e. The molecule has 0 radical (unpaired) electrons. The van der Waals surface area contributed by atoms with Gasteiger partial charge in [-0.25, -0.2) is 9.37 Å². The molecule has 0 N–H and O–H groups in total. The number of rotatable bonds is 0. The molecular formula is C10H4BrF4N. The number of aromatic nitrogens is 1. The Kier molecular flexibility index (Phi) is 2.61. The minimum absolute atomic E-state index is 0.0259. The number of nitrogens with zero attached hydrogens (tertiary/aromatic N) is 1. The molecule has 0 fully saturated rings. The first-order chi connectivity index (χ1) is 7.38. The fourth-order valence-corrected chi connectivity index (χ4v) is 1.82. The van der Waals surface area contributed by atoms with Crippen LogP contribution in [0.5, 0.6) is 0 Å². The Balaban J connectivity index is 2.83. The highest BCUT2D eigenvalue weighted by Gasteiger charge is 2.33. The van der Waals surface area contributed by atoms with Crippen molar-refractivity contribution in [2.24, 2.45) is 0 Å². The van der Waals surface area contributed by atoms with Crippen LogP contribution in [-0.4, -0.2) is 4.98 Å². The van der Waals surface area contributed by atoms with Crippen LogP contribution in [0.4, 0.5) is 17.6 Å². The molecule has 84 valence electrons. The van der Waals surface area contributed by atoms with Crippen molar-refractivity contribution in [1.29, 1.82) is 0 Å². The molecular weight excluding hydrogens is 290 g/mol. The third-order valence-corrected chi connectivity index (χ3v) is 2.45. The van der Waals surface area contributed by atoms with E-state index in [1.165, 1.54) is 0 Å². The normalized spacial score (nSPS) is 12.1. The molecule has 1 heterocycles. The standard InChI is InChI=1S/C10H4BrF4N/c11-9-4-7(10(13,14)15)6-2-1-5(12)3-8(6)16-9/h1-4H. The van der Waals surface area contributed by atoms with Crippen LogP contribution in [0, 0.1) is 5.82 Å². The third kappa shape index (κ3) is 2.02. The first kappa shape index (κ1) is 11.3. The van der Waals surface area contributed by atoms with Crippen LogP contribution in [0.3, 0.4) is 0 Å². The van der Waals surface area contributed by atoms with Crippen LogP contribution >= 0.6 is 15.9 Å². The van der Waals surface area contributed by atoms with Crippen LogP contribution < -0.4 is 0 Å². The molecule has 0 amide bonds. The number of hydrogen-bond acceptors (Lipinski definition) is 1. The smallest absolute Gasteiger partial charge is 0.241 e. The van der Waals surface area contributed by atoms with Gasteiger partial charge in [0.05, 0.1) is 11.1 Å². The molecule has 0 aliphatic rings. The summed E-state index contributed by atoms with van der Waals surface area (Å²) >= 11 is 2.87. The highest BCUT2D eigenvalue weighted by molar-refractivity contribution is 9.10. The highest BCUT2D eigenvalue weighted by atomic mass is 79.9. The number of fused-ring (bicyclic) bond motifs is 1. The SMILES string of the molecule is Fc1ccc2c(C(F)(F)F)cc(Br)nc2c1. The summed E-state index contributed by atoms with van der Waals surface area (Å²) in [5, 5.41) is -0.114. The van der Waals surface area contributed by atoms with Crippen LogP contribution in [0.15, 0.2) is 28.9 Å². The topological polar surface area (TPSA) is 12.9 Å². The van der Waals surface area contributed by atoms with Crippen LogP contribution in [-0.2, 0) is 6.18 Å². The molecule has 2 aromatic rings. The highest BCUT2D eigenvalue weighted by Crippen LogP contribution is 2.35. The number of hydrogen-bond donors (Lipinski definition) is 0. The van der Waals surface area contributed by atoms with Crippen LogP contribution in [0.1, 0.15) is 5.56 Å². The molecule has 1 nitrogen and oxygen atoms in total. The van der Waals surface area contributed by atoms with Gasteiger partial charge in [0.25, 0.3) is 0 Å². The zero-order valence-electron chi connectivity index (χ0n) is 7.65. The summed E-state index contributed by atoms with van der Waals surface area (Å²) in [5.74, 6) is -0.619. The second-order valence-electron chi connectivity index (χ2n) is 3.15. The van der Waals surface area contributed by atoms with E-state index in [2.05, 4.69) is 20.9 Å². The maximum atomic E-state index is 12.9. The lowest BCUT2D eigenvalue weighted by Crippen LogP contribution is -2.06. The van der Waals surface area contributed by atoms with Gasteiger partial charge in [-0.2, -0.15) is 13.2 Å². The quantitative estimate of drug-likeness (QED) is 0.525. The van der Waals surface area contributed by atoms with Crippen LogP contribution in [0.25, 0.3) is 10.9 Å². The molecule has 0 aliphatic carbocycles. The average molecular weight is 294 g/mol. The third-order valence-electron chi connectivity index (χ3n) is 2.05. The lowest BCUT2D eigenvalue weighted by molar-refractivity contribution is -0.136. The Hall–Kier alpha value is -1.17. The van der Waals surface area contributed by atoms with E-state index in [1.54, 1.807) is 0 Å². The second-order valence-corrected chi connectivity index (χ2v) is 3.96. The molecule has 0 aliphatic heterocycles. The summed E-state index contributed by atoms with van der Waals surface area (Å²) in [6.07, 6.45) is -4.48. The van der Waals surface area contributed by atoms with Crippen molar-refractivity contribution in [2.45, 2.75) is 6.18 Å². The fraction of sp³-hybridized carbons (Fsp3) is 0.100. The molecule has 6 heteroatoms. The Morgan fingerprint density at radius 1 is 1.12 bits per heavy atom. The average Bonchev–Trinajstić information content (AvgIpc) is 2.14. The second kappa shape index (κ2) is 3.69. The summed E-state index contributed by atoms with van der Waals surface area (Å²) in [5.41, 5.74) is -0.855. The van der Waals surface area contributed by atoms with Gasteiger partial charge in [0.15, 0.2) is 0 Å². The largest absolute Gasteiger partial charge is 0.417 e. The fourth-order valence-electron chi connectivity index (χ4n) is 1.40. The van der Waals surface area contributed by atoms with Gasteiger partial charge < -0.3 is 0 Å². The van der Waals surface area contributed by atoms with Gasteiger partial charge >= 0.3 is 6.18 Å². The number of halogens is 5. The number of pyridine rings is 1. The van der Waals surface area contributed by atoms with E-state index in [0.717, 1.165) is 24.3 Å². The molecule has 16 heavy (non-hydrogen) atoms. The van der Waals surface area contributed by atoms with E-state index < -0.39 is 17.6 Å². The maximum Gasteiger partial charge on any atom is 0.417 e. The summed E-state index contributed by atoms with van der Waals surface area (Å²) in [6, 6.07) is 3.90. The molecule has 0 spiro atoms. The first-order valence-corrected chi connectivity index (χ1v) is 5.00. The molecule has 1 aromatic carbocycles. The van der Waals surface area contributed by atoms with Crippen molar-refractivity contribution in [3.8, 4) is 0 Å². The molecule has 0 unspecified atom stereocenters. The van der Waals surface area contributed by atoms with Gasteiger partial charge in [-0.15, -0.1) is 0 Å². The lowest BCUT2D eigenvalue weighted by Gasteiger charge is -2.10. The van der Waals surface area contributed by atoms with E-state index in [0.29, 0.717) is 0 Å². The van der Waals surface area contributed by atoms with Gasteiger partial charge in [-0.3, -0.25) is 0 Å². The van der Waals surface area contributed by atoms with Crippen molar-refractivity contribution in [1.82, 2.24) is 4.98 Å². The Morgan fingerprint density at radius 3 is 2.44 bits per heavy atom. The van der Waals surface area contributed by atoms with E-state index in [9.17, 15) is 17.6 Å². The van der Waals surface area contributed by atoms with E-state index in [4.69, 9.17) is 0 Å². The lowest BCUT2D eigenvalue weighted by atomic mass is 10.1. The Morgan fingerprint density at radius 2 is 1.81 bits per heavy atom. The first-order valence-electron chi connectivity index (χ1n) is 4.21. The van der Waals surface area contributed by atoms with Gasteiger partial charge in [0.1, 0.15) is 10.4 Å². The van der Waals surface area contributed by atoms with Gasteiger partial charge in [0, 0.05) is 11.5 Å². The predicted octanol–water partition coefficient (Wildman–Crippen LogP) is 4.16. The van der Waals surface area contributed by atoms with Gasteiger partial charge in [-0.1, -0.05) is 0 Å². The summed E-state index contributed by atoms with van der Waals surface area (Å²) in [6.45, 7) is 0.